The number of carbonyl (C=O) groups is 2. The van der Waals surface area contributed by atoms with Crippen LogP contribution in [-0.2, 0) is 11.2 Å². The number of anilines is 1. The molecule has 3 aromatic carbocycles. The Balaban J connectivity index is 1.64. The summed E-state index contributed by atoms with van der Waals surface area (Å²) in [6, 6.07) is 16.4. The molecule has 2 aliphatic heterocycles. The Hall–Kier alpha value is -3.51. The van der Waals surface area contributed by atoms with Gasteiger partial charge in [-0.1, -0.05) is 35.9 Å². The summed E-state index contributed by atoms with van der Waals surface area (Å²) in [5.74, 6) is 0.400. The van der Waals surface area contributed by atoms with Gasteiger partial charge >= 0.3 is 0 Å². The maximum Gasteiger partial charge on any atom is 0.254 e. The number of carbonyl (C=O) groups excluding carboxylic acids is 2. The minimum Gasteiger partial charge on any atom is -0.490 e. The van der Waals surface area contributed by atoms with Crippen LogP contribution in [0.15, 0.2) is 54.6 Å². The number of benzene rings is 3. The number of hydrogen-bond acceptors (Lipinski definition) is 4. The number of nitrogens with one attached hydrogen (secondary N) is 1. The molecule has 0 spiro atoms. The van der Waals surface area contributed by atoms with Crippen LogP contribution in [0.4, 0.5) is 5.69 Å². The fourth-order valence-electron chi connectivity index (χ4n) is 5.29. The van der Waals surface area contributed by atoms with Gasteiger partial charge in [0, 0.05) is 12.1 Å². The Labute approximate surface area is 216 Å². The SMILES string of the molecule is CCOc1cc2c(cc1OCC)[C@H]1[C@H](C(=O)Nc3ccc(C)cc3Cl)c3ccccc3C(=O)N1CC2. The van der Waals surface area contributed by atoms with Gasteiger partial charge in [-0.3, -0.25) is 9.59 Å². The van der Waals surface area contributed by atoms with Gasteiger partial charge in [-0.2, -0.15) is 0 Å². The average molecular weight is 505 g/mol. The van der Waals surface area contributed by atoms with Crippen LogP contribution in [-0.4, -0.2) is 36.5 Å². The molecule has 3 aromatic rings. The molecule has 6 nitrogen and oxygen atoms in total. The Morgan fingerprint density at radius 3 is 2.47 bits per heavy atom. The predicted molar refractivity (Wildman–Crippen MR) is 140 cm³/mol. The van der Waals surface area contributed by atoms with E-state index in [4.69, 9.17) is 21.1 Å². The number of hydrogen-bond donors (Lipinski definition) is 1. The Morgan fingerprint density at radius 2 is 1.75 bits per heavy atom. The molecule has 0 aliphatic carbocycles. The molecule has 1 N–H and O–H groups in total. The fourth-order valence-corrected chi connectivity index (χ4v) is 5.57. The molecule has 0 radical (unpaired) electrons. The van der Waals surface area contributed by atoms with Gasteiger partial charge in [0.05, 0.1) is 35.9 Å². The molecule has 0 fully saturated rings. The zero-order chi connectivity index (χ0) is 25.4. The third-order valence-corrected chi connectivity index (χ3v) is 7.16. The zero-order valence-corrected chi connectivity index (χ0v) is 21.4. The first kappa shape index (κ1) is 24.2. The van der Waals surface area contributed by atoms with E-state index in [-0.39, 0.29) is 11.8 Å². The van der Waals surface area contributed by atoms with Gasteiger partial charge in [-0.05, 0) is 79.8 Å². The highest BCUT2D eigenvalue weighted by molar-refractivity contribution is 6.33. The molecule has 2 heterocycles. The van der Waals surface area contributed by atoms with Crippen LogP contribution in [0.3, 0.4) is 0 Å². The van der Waals surface area contributed by atoms with Crippen molar-refractivity contribution in [3.8, 4) is 11.5 Å². The van der Waals surface area contributed by atoms with Gasteiger partial charge in [-0.15, -0.1) is 0 Å². The van der Waals surface area contributed by atoms with Gasteiger partial charge in [0.15, 0.2) is 11.5 Å². The van der Waals surface area contributed by atoms with Crippen LogP contribution in [0.2, 0.25) is 5.02 Å². The van der Waals surface area contributed by atoms with Crippen LogP contribution in [0.1, 0.15) is 58.4 Å². The summed E-state index contributed by atoms with van der Waals surface area (Å²) in [6.45, 7) is 7.31. The van der Waals surface area contributed by atoms with Gasteiger partial charge in [0.1, 0.15) is 0 Å². The molecular formula is C29H29ClN2O4. The van der Waals surface area contributed by atoms with E-state index in [1.807, 2.05) is 74.2 Å². The lowest BCUT2D eigenvalue weighted by Gasteiger charge is -2.45. The third kappa shape index (κ3) is 4.20. The van der Waals surface area contributed by atoms with Crippen LogP contribution in [0.25, 0.3) is 0 Å². The smallest absolute Gasteiger partial charge is 0.254 e. The van der Waals surface area contributed by atoms with Gasteiger partial charge in [0.2, 0.25) is 5.91 Å². The maximum absolute atomic E-state index is 14.0. The fraction of sp³-hybridized carbons (Fsp3) is 0.310. The molecule has 2 aliphatic rings. The third-order valence-electron chi connectivity index (χ3n) is 6.85. The Morgan fingerprint density at radius 1 is 1.03 bits per heavy atom. The van der Waals surface area contributed by atoms with E-state index < -0.39 is 12.0 Å². The monoisotopic (exact) mass is 504 g/mol. The molecule has 186 valence electrons. The molecule has 2 atom stereocenters. The summed E-state index contributed by atoms with van der Waals surface area (Å²) < 4.78 is 11.7. The summed E-state index contributed by atoms with van der Waals surface area (Å²) in [5.41, 5.74) is 4.79. The summed E-state index contributed by atoms with van der Waals surface area (Å²) in [6.07, 6.45) is 0.671. The second-order valence-electron chi connectivity index (χ2n) is 9.09. The van der Waals surface area contributed by atoms with Crippen molar-refractivity contribution in [2.24, 2.45) is 0 Å². The minimum absolute atomic E-state index is 0.0643. The number of ether oxygens (including phenoxy) is 2. The maximum atomic E-state index is 14.0. The molecular weight excluding hydrogens is 476 g/mol. The highest BCUT2D eigenvalue weighted by Crippen LogP contribution is 2.48. The first-order valence-electron chi connectivity index (χ1n) is 12.3. The summed E-state index contributed by atoms with van der Waals surface area (Å²) in [4.78, 5) is 29.4. The van der Waals surface area contributed by atoms with Crippen LogP contribution in [0.5, 0.6) is 11.5 Å². The van der Waals surface area contributed by atoms with Crippen molar-refractivity contribution in [2.45, 2.75) is 39.2 Å². The number of amides is 2. The summed E-state index contributed by atoms with van der Waals surface area (Å²) >= 11 is 6.45. The van der Waals surface area contributed by atoms with Gasteiger partial charge in [0.25, 0.3) is 5.91 Å². The lowest BCUT2D eigenvalue weighted by molar-refractivity contribution is -0.119. The summed E-state index contributed by atoms with van der Waals surface area (Å²) in [5, 5.41) is 3.51. The van der Waals surface area contributed by atoms with E-state index in [0.717, 1.165) is 16.7 Å². The molecule has 5 rings (SSSR count). The predicted octanol–water partition coefficient (Wildman–Crippen LogP) is 5.92. The standard InChI is InChI=1S/C29H29ClN2O4/c1-4-35-24-15-18-12-13-32-27(21(18)16-25(24)36-5-2)26(19-8-6-7-9-20(19)29(32)34)28(33)31-23-11-10-17(3)14-22(23)30/h6-11,14-16,26-27H,4-5,12-13H2,1-3H3,(H,31,33)/t26-,27+/m1/s1. The lowest BCUT2D eigenvalue weighted by Crippen LogP contribution is -2.49. The average Bonchev–Trinajstić information content (AvgIpc) is 2.86. The molecule has 0 bridgehead atoms. The Kier molecular flexibility index (Phi) is 6.63. The largest absolute Gasteiger partial charge is 0.490 e. The van der Waals surface area contributed by atoms with Crippen LogP contribution < -0.4 is 14.8 Å². The molecule has 0 unspecified atom stereocenters. The van der Waals surface area contributed by atoms with Crippen molar-refractivity contribution in [3.63, 3.8) is 0 Å². The molecule has 36 heavy (non-hydrogen) atoms. The number of nitrogens with zero attached hydrogens (tertiary/aromatic N) is 1. The quantitative estimate of drug-likeness (QED) is 0.452. The molecule has 7 heteroatoms. The first-order valence-corrected chi connectivity index (χ1v) is 12.7. The zero-order valence-electron chi connectivity index (χ0n) is 20.6. The molecule has 0 saturated heterocycles. The van der Waals surface area contributed by atoms with E-state index in [0.29, 0.717) is 59.5 Å². The van der Waals surface area contributed by atoms with Crippen molar-refractivity contribution in [1.82, 2.24) is 4.90 Å². The summed E-state index contributed by atoms with van der Waals surface area (Å²) in [7, 11) is 0. The van der Waals surface area contributed by atoms with Crippen molar-refractivity contribution >= 4 is 29.1 Å². The topological polar surface area (TPSA) is 67.9 Å². The Bertz CT molecular complexity index is 1340. The lowest BCUT2D eigenvalue weighted by atomic mass is 9.75. The molecule has 2 amide bonds. The van der Waals surface area contributed by atoms with Crippen molar-refractivity contribution in [1.29, 1.82) is 0 Å². The normalized spacial score (nSPS) is 18.1. The van der Waals surface area contributed by atoms with E-state index in [1.54, 1.807) is 6.07 Å². The van der Waals surface area contributed by atoms with Gasteiger partial charge < -0.3 is 19.7 Å². The second-order valence-corrected chi connectivity index (χ2v) is 9.50. The van der Waals surface area contributed by atoms with E-state index in [1.165, 1.54) is 0 Å². The van der Waals surface area contributed by atoms with Gasteiger partial charge in [-0.25, -0.2) is 0 Å². The molecule has 0 saturated carbocycles. The van der Waals surface area contributed by atoms with Crippen molar-refractivity contribution in [2.75, 3.05) is 25.1 Å². The van der Waals surface area contributed by atoms with Crippen molar-refractivity contribution < 1.29 is 19.1 Å². The van der Waals surface area contributed by atoms with E-state index in [2.05, 4.69) is 5.32 Å². The van der Waals surface area contributed by atoms with Crippen molar-refractivity contribution in [3.05, 3.63) is 87.4 Å². The first-order chi connectivity index (χ1) is 17.4. The van der Waals surface area contributed by atoms with E-state index >= 15 is 0 Å². The highest BCUT2D eigenvalue weighted by Gasteiger charge is 2.46. The number of aryl methyl sites for hydroxylation is 1. The highest BCUT2D eigenvalue weighted by atomic mass is 35.5. The van der Waals surface area contributed by atoms with E-state index in [9.17, 15) is 9.59 Å². The van der Waals surface area contributed by atoms with Crippen LogP contribution in [0, 0.1) is 6.92 Å². The number of halogens is 1. The minimum atomic E-state index is -0.622. The molecule has 0 aromatic heterocycles. The number of fused-ring (bicyclic) bond motifs is 4. The second kappa shape index (κ2) is 9.86. The van der Waals surface area contributed by atoms with Crippen LogP contribution >= 0.6 is 11.6 Å². The number of rotatable bonds is 6.